The van der Waals surface area contributed by atoms with Crippen LogP contribution < -0.4 is 5.32 Å². The monoisotopic (exact) mass is 323 g/mol. The number of aliphatic hydroxyl groups is 1. The molecule has 0 bridgehead atoms. The van der Waals surface area contributed by atoms with E-state index in [9.17, 15) is 5.11 Å². The van der Waals surface area contributed by atoms with Crippen LogP contribution in [-0.2, 0) is 4.74 Å². The van der Waals surface area contributed by atoms with Gasteiger partial charge in [0.25, 0.3) is 0 Å². The molecule has 1 saturated carbocycles. The number of furan rings is 1. The van der Waals surface area contributed by atoms with Gasteiger partial charge in [0.05, 0.1) is 18.8 Å². The Balaban J connectivity index is 1.48. The van der Waals surface area contributed by atoms with E-state index in [2.05, 4.69) is 5.32 Å². The third-order valence-corrected chi connectivity index (χ3v) is 4.18. The van der Waals surface area contributed by atoms with Gasteiger partial charge in [0, 0.05) is 23.6 Å². The number of hydrogen-bond acceptors (Lipinski definition) is 4. The molecule has 0 amide bonds. The molecule has 0 saturated heterocycles. The number of ether oxygens (including phenoxy) is 1. The van der Waals surface area contributed by atoms with E-state index in [0.29, 0.717) is 18.2 Å². The van der Waals surface area contributed by atoms with Crippen molar-refractivity contribution in [2.24, 2.45) is 5.92 Å². The molecule has 1 aliphatic rings. The van der Waals surface area contributed by atoms with Crippen molar-refractivity contribution in [2.75, 3.05) is 19.8 Å². The lowest BCUT2D eigenvalue weighted by atomic mass is 10.2. The summed E-state index contributed by atoms with van der Waals surface area (Å²) in [7, 11) is 0. The summed E-state index contributed by atoms with van der Waals surface area (Å²) in [6, 6.07) is 7.57. The van der Waals surface area contributed by atoms with Crippen LogP contribution in [0.25, 0.3) is 11.0 Å². The Kier molecular flexibility index (Phi) is 5.03. The summed E-state index contributed by atoms with van der Waals surface area (Å²) >= 11 is 5.98. The zero-order valence-corrected chi connectivity index (χ0v) is 13.5. The first-order chi connectivity index (χ1) is 10.6. The fourth-order valence-corrected chi connectivity index (χ4v) is 2.56. The van der Waals surface area contributed by atoms with Gasteiger partial charge in [0.2, 0.25) is 0 Å². The Bertz CT molecular complexity index is 623. The van der Waals surface area contributed by atoms with Gasteiger partial charge in [-0.3, -0.25) is 0 Å². The van der Waals surface area contributed by atoms with Crippen LogP contribution in [0.5, 0.6) is 0 Å². The topological polar surface area (TPSA) is 54.6 Å². The second-order valence-electron chi connectivity index (χ2n) is 6.10. The van der Waals surface area contributed by atoms with E-state index >= 15 is 0 Å². The summed E-state index contributed by atoms with van der Waals surface area (Å²) in [5.74, 6) is 1.56. The van der Waals surface area contributed by atoms with Gasteiger partial charge in [-0.2, -0.15) is 0 Å². The molecule has 0 spiro atoms. The van der Waals surface area contributed by atoms with Crippen molar-refractivity contribution in [3.8, 4) is 0 Å². The van der Waals surface area contributed by atoms with Gasteiger partial charge in [-0.15, -0.1) is 0 Å². The summed E-state index contributed by atoms with van der Waals surface area (Å²) in [5, 5.41) is 14.9. The number of benzene rings is 1. The maximum Gasteiger partial charge on any atom is 0.134 e. The average molecular weight is 324 g/mol. The lowest BCUT2D eigenvalue weighted by molar-refractivity contribution is 0.0312. The summed E-state index contributed by atoms with van der Waals surface area (Å²) in [4.78, 5) is 0. The molecule has 3 rings (SSSR count). The molecule has 120 valence electrons. The third kappa shape index (κ3) is 4.23. The minimum Gasteiger partial charge on any atom is -0.459 e. The minimum atomic E-state index is -0.500. The number of rotatable bonds is 8. The Hall–Kier alpha value is -1.07. The highest BCUT2D eigenvalue weighted by atomic mass is 35.5. The van der Waals surface area contributed by atoms with E-state index in [0.717, 1.165) is 29.3 Å². The molecule has 1 aliphatic carbocycles. The normalized spacial score (nSPS) is 17.8. The molecule has 22 heavy (non-hydrogen) atoms. The molecule has 5 heteroatoms. The molecule has 0 aliphatic heterocycles. The molecule has 1 aromatic heterocycles. The van der Waals surface area contributed by atoms with Crippen molar-refractivity contribution in [1.29, 1.82) is 0 Å². The summed E-state index contributed by atoms with van der Waals surface area (Å²) in [6.07, 6.45) is 2.03. The number of fused-ring (bicyclic) bond motifs is 1. The Labute approximate surface area is 135 Å². The molecule has 4 nitrogen and oxygen atoms in total. The van der Waals surface area contributed by atoms with Crippen molar-refractivity contribution in [3.63, 3.8) is 0 Å². The summed E-state index contributed by atoms with van der Waals surface area (Å²) < 4.78 is 11.3. The van der Waals surface area contributed by atoms with E-state index in [1.54, 1.807) is 0 Å². The van der Waals surface area contributed by atoms with Crippen LogP contribution in [0, 0.1) is 5.92 Å². The molecule has 1 aromatic carbocycles. The fourth-order valence-electron chi connectivity index (χ4n) is 2.38. The third-order valence-electron chi connectivity index (χ3n) is 3.94. The highest BCUT2D eigenvalue weighted by Crippen LogP contribution is 2.29. The summed E-state index contributed by atoms with van der Waals surface area (Å²) in [6.45, 7) is 3.64. The molecular formula is C17H22ClNO3. The maximum absolute atomic E-state index is 9.92. The van der Waals surface area contributed by atoms with Gasteiger partial charge in [0.15, 0.2) is 0 Å². The van der Waals surface area contributed by atoms with Gasteiger partial charge < -0.3 is 19.6 Å². The molecule has 1 heterocycles. The van der Waals surface area contributed by atoms with Crippen LogP contribution in [0.3, 0.4) is 0 Å². The Morgan fingerprint density at radius 1 is 1.41 bits per heavy atom. The van der Waals surface area contributed by atoms with Crippen LogP contribution in [0.2, 0.25) is 5.02 Å². The van der Waals surface area contributed by atoms with Gasteiger partial charge in [-0.1, -0.05) is 11.6 Å². The smallest absolute Gasteiger partial charge is 0.134 e. The van der Waals surface area contributed by atoms with Gasteiger partial charge in [0.1, 0.15) is 11.3 Å². The van der Waals surface area contributed by atoms with Crippen LogP contribution >= 0.6 is 11.6 Å². The molecule has 2 unspecified atom stereocenters. The van der Waals surface area contributed by atoms with E-state index in [-0.39, 0.29) is 6.04 Å². The SMILES string of the molecule is CC(NCC(O)COCC1CC1)c1cc2cc(Cl)ccc2o1. The standard InChI is InChI=1S/C17H22ClNO3/c1-11(19-8-15(20)10-21-9-12-2-3-12)17-7-13-6-14(18)4-5-16(13)22-17/h4-7,11-12,15,19-20H,2-3,8-10H2,1H3. The Morgan fingerprint density at radius 3 is 3.00 bits per heavy atom. The number of aliphatic hydroxyl groups excluding tert-OH is 1. The number of nitrogens with one attached hydrogen (secondary N) is 1. The van der Waals surface area contributed by atoms with Crippen molar-refractivity contribution in [3.05, 3.63) is 35.0 Å². The predicted molar refractivity (Wildman–Crippen MR) is 87.2 cm³/mol. The molecular weight excluding hydrogens is 302 g/mol. The average Bonchev–Trinajstić information content (AvgIpc) is 3.21. The van der Waals surface area contributed by atoms with Crippen LogP contribution in [0.4, 0.5) is 0 Å². The number of halogens is 1. The van der Waals surface area contributed by atoms with Gasteiger partial charge in [-0.05, 0) is 49.9 Å². The lowest BCUT2D eigenvalue weighted by Crippen LogP contribution is -2.32. The first-order valence-electron chi connectivity index (χ1n) is 7.80. The molecule has 0 radical (unpaired) electrons. The minimum absolute atomic E-state index is 0.0178. The highest BCUT2D eigenvalue weighted by molar-refractivity contribution is 6.31. The fraction of sp³-hybridized carbons (Fsp3) is 0.529. The lowest BCUT2D eigenvalue weighted by Gasteiger charge is -2.15. The first kappa shape index (κ1) is 15.8. The van der Waals surface area contributed by atoms with Crippen molar-refractivity contribution < 1.29 is 14.3 Å². The van der Waals surface area contributed by atoms with Crippen LogP contribution in [0.1, 0.15) is 31.6 Å². The van der Waals surface area contributed by atoms with E-state index in [1.165, 1.54) is 12.8 Å². The number of hydrogen-bond donors (Lipinski definition) is 2. The van der Waals surface area contributed by atoms with Crippen molar-refractivity contribution >= 4 is 22.6 Å². The Morgan fingerprint density at radius 2 is 2.23 bits per heavy atom. The van der Waals surface area contributed by atoms with Crippen molar-refractivity contribution in [2.45, 2.75) is 31.9 Å². The molecule has 2 N–H and O–H groups in total. The molecule has 2 aromatic rings. The summed E-state index contributed by atoms with van der Waals surface area (Å²) in [5.41, 5.74) is 0.821. The zero-order chi connectivity index (χ0) is 15.5. The molecule has 1 fully saturated rings. The largest absolute Gasteiger partial charge is 0.459 e. The predicted octanol–water partition coefficient (Wildman–Crippen LogP) is 3.52. The first-order valence-corrected chi connectivity index (χ1v) is 8.18. The van der Waals surface area contributed by atoms with Gasteiger partial charge in [-0.25, -0.2) is 0 Å². The van der Waals surface area contributed by atoms with Gasteiger partial charge >= 0.3 is 0 Å². The quantitative estimate of drug-likeness (QED) is 0.780. The maximum atomic E-state index is 9.92. The molecule has 2 atom stereocenters. The second kappa shape index (κ2) is 7.01. The highest BCUT2D eigenvalue weighted by Gasteiger charge is 2.21. The van der Waals surface area contributed by atoms with E-state index < -0.39 is 6.10 Å². The second-order valence-corrected chi connectivity index (χ2v) is 6.53. The van der Waals surface area contributed by atoms with Crippen LogP contribution in [0.15, 0.2) is 28.7 Å². The van der Waals surface area contributed by atoms with E-state index in [1.807, 2.05) is 31.2 Å². The zero-order valence-electron chi connectivity index (χ0n) is 12.7. The van der Waals surface area contributed by atoms with Crippen molar-refractivity contribution in [1.82, 2.24) is 5.32 Å². The van der Waals surface area contributed by atoms with Crippen LogP contribution in [-0.4, -0.2) is 31.0 Å². The van der Waals surface area contributed by atoms with E-state index in [4.69, 9.17) is 20.8 Å².